The van der Waals surface area contributed by atoms with Crippen LogP contribution in [0.25, 0.3) is 10.9 Å². The molecule has 2 radical (unpaired) electrons. The normalized spacial score (nSPS) is 11.1. The number of carbonyl (C=O) groups excluding carboxylic acids is 1. The molecule has 0 saturated carbocycles. The van der Waals surface area contributed by atoms with Crippen LogP contribution in [0.1, 0.15) is 5.69 Å². The number of nitrogens with one attached hydrogen (secondary N) is 3. The van der Waals surface area contributed by atoms with E-state index in [1.54, 1.807) is 7.05 Å². The van der Waals surface area contributed by atoms with Gasteiger partial charge < -0.3 is 15.4 Å². The molecule has 31 heavy (non-hydrogen) atoms. The molecule has 0 bridgehead atoms. The molecule has 3 N–H and O–H groups in total. The number of H-pyrrole nitrogens is 1. The molecule has 8 nitrogen and oxygen atoms in total. The molecule has 0 atom stereocenters. The molecular weight excluding hydrogens is 409 g/mol. The summed E-state index contributed by atoms with van der Waals surface area (Å²) in [4.78, 5) is 23.5. The minimum Gasteiger partial charge on any atom is -0.349 e. The van der Waals surface area contributed by atoms with E-state index in [-0.39, 0.29) is 12.5 Å². The van der Waals surface area contributed by atoms with Crippen LogP contribution >= 0.6 is 11.8 Å². The van der Waals surface area contributed by atoms with Gasteiger partial charge in [-0.2, -0.15) is 5.10 Å². The predicted molar refractivity (Wildman–Crippen MR) is 124 cm³/mol. The molecule has 0 spiro atoms. The van der Waals surface area contributed by atoms with Crippen LogP contribution in [0.5, 0.6) is 0 Å². The first-order valence-electron chi connectivity index (χ1n) is 9.56. The number of aromatic amines is 1. The van der Waals surface area contributed by atoms with E-state index in [1.807, 2.05) is 61.5 Å². The topological polar surface area (TPSA) is 98.8 Å². The molecule has 0 aliphatic rings. The van der Waals surface area contributed by atoms with Crippen LogP contribution in [0.3, 0.4) is 0 Å². The van der Waals surface area contributed by atoms with Crippen LogP contribution in [0.4, 0.5) is 17.3 Å². The number of anilines is 3. The van der Waals surface area contributed by atoms with Gasteiger partial charge in [-0.15, -0.1) is 0 Å². The van der Waals surface area contributed by atoms with Crippen LogP contribution in [0.2, 0.25) is 0 Å². The average Bonchev–Trinajstić information content (AvgIpc) is 3.13. The fourth-order valence-corrected chi connectivity index (χ4v) is 3.70. The van der Waals surface area contributed by atoms with Gasteiger partial charge in [0.15, 0.2) is 19.0 Å². The van der Waals surface area contributed by atoms with Crippen molar-refractivity contribution in [1.29, 1.82) is 0 Å². The second kappa shape index (κ2) is 9.19. The number of fused-ring (bicyclic) bond motifs is 1. The highest BCUT2D eigenvalue weighted by molar-refractivity contribution is 7.99. The van der Waals surface area contributed by atoms with Crippen molar-refractivity contribution in [3.05, 3.63) is 60.3 Å². The number of amides is 1. The zero-order valence-electron chi connectivity index (χ0n) is 17.1. The van der Waals surface area contributed by atoms with Gasteiger partial charge in [0.05, 0.1) is 12.1 Å². The van der Waals surface area contributed by atoms with Crippen molar-refractivity contribution < 1.29 is 4.79 Å². The summed E-state index contributed by atoms with van der Waals surface area (Å²) in [7, 11) is 7.14. The van der Waals surface area contributed by atoms with E-state index in [1.165, 1.54) is 16.6 Å². The number of para-hydroxylation sites is 1. The van der Waals surface area contributed by atoms with E-state index in [9.17, 15) is 4.79 Å². The molecule has 2 heterocycles. The molecule has 4 rings (SSSR count). The van der Waals surface area contributed by atoms with Crippen molar-refractivity contribution in [3.63, 3.8) is 0 Å². The molecule has 4 aromatic rings. The summed E-state index contributed by atoms with van der Waals surface area (Å²) in [6, 6.07) is 17.2. The van der Waals surface area contributed by atoms with Gasteiger partial charge in [-0.25, -0.2) is 9.97 Å². The van der Waals surface area contributed by atoms with E-state index in [4.69, 9.17) is 13.0 Å². The average molecular weight is 429 g/mol. The van der Waals surface area contributed by atoms with Gasteiger partial charge in [0.1, 0.15) is 5.82 Å². The SMILES string of the molecule is [B]N(C)CC(=O)Nc1ccc(Sc2nc(Nc3cc(C)[nH]n3)c3ccccc3n2)cc1. The predicted octanol–water partition coefficient (Wildman–Crippen LogP) is 3.51. The quantitative estimate of drug-likeness (QED) is 0.306. The maximum atomic E-state index is 11.8. The van der Waals surface area contributed by atoms with Gasteiger partial charge in [0.2, 0.25) is 5.91 Å². The molecule has 10 heteroatoms. The molecule has 0 aliphatic carbocycles. The van der Waals surface area contributed by atoms with Crippen LogP contribution in [0, 0.1) is 6.92 Å². The highest BCUT2D eigenvalue weighted by atomic mass is 32.2. The summed E-state index contributed by atoms with van der Waals surface area (Å²) in [6.45, 7) is 2.06. The Morgan fingerprint density at radius 1 is 1.16 bits per heavy atom. The number of hydrogen-bond acceptors (Lipinski definition) is 7. The highest BCUT2D eigenvalue weighted by Gasteiger charge is 2.11. The Morgan fingerprint density at radius 3 is 2.65 bits per heavy atom. The Morgan fingerprint density at radius 2 is 1.94 bits per heavy atom. The first-order valence-corrected chi connectivity index (χ1v) is 10.4. The van der Waals surface area contributed by atoms with Gasteiger partial charge in [-0.05, 0) is 62.1 Å². The summed E-state index contributed by atoms with van der Waals surface area (Å²) in [5.74, 6) is 1.21. The van der Waals surface area contributed by atoms with E-state index in [0.29, 0.717) is 22.5 Å². The smallest absolute Gasteiger partial charge is 0.237 e. The van der Waals surface area contributed by atoms with E-state index in [2.05, 4.69) is 25.8 Å². The second-order valence-corrected chi connectivity index (χ2v) is 8.06. The number of likely N-dealkylation sites (N-methyl/N-ethyl adjacent to an activating group) is 1. The molecule has 2 aromatic carbocycles. The van der Waals surface area contributed by atoms with Crippen molar-refractivity contribution in [2.75, 3.05) is 24.2 Å². The van der Waals surface area contributed by atoms with Crippen LogP contribution in [-0.2, 0) is 4.79 Å². The molecule has 0 aliphatic heterocycles. The zero-order chi connectivity index (χ0) is 21.8. The Hall–Kier alpha value is -3.37. The van der Waals surface area contributed by atoms with Gasteiger partial charge in [-0.1, -0.05) is 12.1 Å². The molecule has 0 fully saturated rings. The molecule has 0 unspecified atom stereocenters. The minimum atomic E-state index is -0.174. The van der Waals surface area contributed by atoms with Crippen molar-refractivity contribution in [2.24, 2.45) is 0 Å². The fraction of sp³-hybridized carbons (Fsp3) is 0.143. The first kappa shape index (κ1) is 20.9. The van der Waals surface area contributed by atoms with E-state index >= 15 is 0 Å². The monoisotopic (exact) mass is 429 g/mol. The fourth-order valence-electron chi connectivity index (χ4n) is 2.94. The maximum absolute atomic E-state index is 11.8. The summed E-state index contributed by atoms with van der Waals surface area (Å²) < 4.78 is 0. The highest BCUT2D eigenvalue weighted by Crippen LogP contribution is 2.31. The lowest BCUT2D eigenvalue weighted by atomic mass is 10.2. The Kier molecular flexibility index (Phi) is 6.19. The third kappa shape index (κ3) is 5.42. The van der Waals surface area contributed by atoms with Gasteiger partial charge >= 0.3 is 0 Å². The van der Waals surface area contributed by atoms with Gasteiger partial charge in [0, 0.05) is 27.7 Å². The number of aromatic nitrogens is 4. The Bertz CT molecular complexity index is 1210. The molecule has 2 aromatic heterocycles. The lowest BCUT2D eigenvalue weighted by molar-refractivity contribution is -0.116. The molecular formula is C21H20BN7OS. The number of aryl methyl sites for hydroxylation is 1. The summed E-state index contributed by atoms with van der Waals surface area (Å²) in [6.07, 6.45) is 0. The maximum Gasteiger partial charge on any atom is 0.237 e. The standard InChI is InChI=1S/C21H20BN7OS/c1-13-11-18(28-27-13)25-20-16-5-3-4-6-17(16)24-21(26-20)31-15-9-7-14(8-10-15)23-19(30)12-29(2)22/h3-11H,12H2,1-2H3,(H,23,30)(H2,24,25,26,27,28). The molecule has 154 valence electrons. The Labute approximate surface area is 185 Å². The number of rotatable bonds is 7. The lowest BCUT2D eigenvalue weighted by Crippen LogP contribution is -2.28. The minimum absolute atomic E-state index is 0.118. The van der Waals surface area contributed by atoms with E-state index < -0.39 is 0 Å². The van der Waals surface area contributed by atoms with Crippen LogP contribution in [0.15, 0.2) is 64.6 Å². The van der Waals surface area contributed by atoms with Crippen molar-refractivity contribution in [1.82, 2.24) is 25.0 Å². The van der Waals surface area contributed by atoms with Gasteiger partial charge in [0.25, 0.3) is 0 Å². The van der Waals surface area contributed by atoms with Crippen LogP contribution in [-0.4, -0.2) is 52.5 Å². The summed E-state index contributed by atoms with van der Waals surface area (Å²) in [5.41, 5.74) is 2.50. The number of hydrogen-bond donors (Lipinski definition) is 3. The zero-order valence-corrected chi connectivity index (χ0v) is 17.9. The first-order chi connectivity index (χ1) is 15.0. The summed E-state index contributed by atoms with van der Waals surface area (Å²) in [5, 5.41) is 14.8. The largest absolute Gasteiger partial charge is 0.349 e. The number of carbonyl (C=O) groups is 1. The van der Waals surface area contributed by atoms with Crippen molar-refractivity contribution in [3.8, 4) is 0 Å². The Balaban J connectivity index is 1.55. The molecule has 1 amide bonds. The van der Waals surface area contributed by atoms with Gasteiger partial charge in [-0.3, -0.25) is 9.89 Å². The number of nitrogens with zero attached hydrogens (tertiary/aromatic N) is 4. The van der Waals surface area contributed by atoms with Crippen molar-refractivity contribution in [2.45, 2.75) is 17.0 Å². The molecule has 0 saturated heterocycles. The third-order valence-corrected chi connectivity index (χ3v) is 5.15. The second-order valence-electron chi connectivity index (χ2n) is 7.02. The van der Waals surface area contributed by atoms with E-state index in [0.717, 1.165) is 21.5 Å². The van der Waals surface area contributed by atoms with Crippen molar-refractivity contribution >= 4 is 53.9 Å². The lowest BCUT2D eigenvalue weighted by Gasteiger charge is -2.11. The van der Waals surface area contributed by atoms with Crippen LogP contribution < -0.4 is 10.6 Å². The third-order valence-electron chi connectivity index (χ3n) is 4.28. The number of benzene rings is 2. The summed E-state index contributed by atoms with van der Waals surface area (Å²) >= 11 is 1.44.